The molecule has 0 saturated heterocycles. The van der Waals surface area contributed by atoms with Crippen LogP contribution in [0.3, 0.4) is 0 Å². The molecule has 0 rings (SSSR count). The van der Waals surface area contributed by atoms with Crippen LogP contribution in [-0.4, -0.2) is 37.2 Å². The summed E-state index contributed by atoms with van der Waals surface area (Å²) in [5.74, 6) is -0.0409. The average Bonchev–Trinajstić information content (AvgIpc) is 3.08. The lowest BCUT2D eigenvalue weighted by molar-refractivity contribution is -0.167. The van der Waals surface area contributed by atoms with Crippen LogP contribution in [0.2, 0.25) is 0 Å². The minimum atomic E-state index is -0.757. The Morgan fingerprint density at radius 2 is 0.673 bits per heavy atom. The number of carbonyl (C=O) groups is 3. The van der Waals surface area contributed by atoms with Gasteiger partial charge >= 0.3 is 17.9 Å². The van der Waals surface area contributed by atoms with Gasteiger partial charge in [0.2, 0.25) is 0 Å². The topological polar surface area (TPSA) is 78.9 Å². The number of ether oxygens (including phenoxy) is 3. The van der Waals surface area contributed by atoms with Crippen molar-refractivity contribution in [2.75, 3.05) is 13.2 Å². The molecular weight excluding hydrogens is 612 g/mol. The lowest BCUT2D eigenvalue weighted by Gasteiger charge is -2.18. The van der Waals surface area contributed by atoms with Gasteiger partial charge < -0.3 is 14.2 Å². The minimum absolute atomic E-state index is 0.0647. The molecule has 0 N–H and O–H groups in total. The summed E-state index contributed by atoms with van der Waals surface area (Å²) in [6.07, 6.45) is 35.2. The quantitative estimate of drug-likeness (QED) is 0.0364. The van der Waals surface area contributed by atoms with Gasteiger partial charge in [-0.1, -0.05) is 195 Å². The maximum atomic E-state index is 12.6. The summed E-state index contributed by atoms with van der Waals surface area (Å²) in [7, 11) is 0. The SMILES string of the molecule is CCCCCCCCCCCCC(=O)OC[C@H](COC(=O)CCCCCCCCC)OC(=O)CCCCCCCCCCCCCC(C)C. The average molecular weight is 695 g/mol. The first-order chi connectivity index (χ1) is 23.9. The maximum absolute atomic E-state index is 12.6. The van der Waals surface area contributed by atoms with Crippen molar-refractivity contribution in [2.45, 2.75) is 239 Å². The van der Waals surface area contributed by atoms with Crippen LogP contribution in [0.15, 0.2) is 0 Å². The van der Waals surface area contributed by atoms with E-state index in [1.54, 1.807) is 0 Å². The summed E-state index contributed by atoms with van der Waals surface area (Å²) in [6, 6.07) is 0. The molecule has 49 heavy (non-hydrogen) atoms. The fourth-order valence-electron chi connectivity index (χ4n) is 6.27. The third-order valence-electron chi connectivity index (χ3n) is 9.54. The maximum Gasteiger partial charge on any atom is 0.306 e. The Balaban J connectivity index is 4.29. The van der Waals surface area contributed by atoms with Crippen LogP contribution in [0.1, 0.15) is 233 Å². The van der Waals surface area contributed by atoms with Crippen LogP contribution >= 0.6 is 0 Å². The highest BCUT2D eigenvalue weighted by atomic mass is 16.6. The Morgan fingerprint density at radius 1 is 0.388 bits per heavy atom. The molecule has 0 spiro atoms. The van der Waals surface area contributed by atoms with Crippen LogP contribution in [0, 0.1) is 5.92 Å². The van der Waals surface area contributed by atoms with Crippen molar-refractivity contribution >= 4 is 17.9 Å². The molecule has 0 fully saturated rings. The first-order valence-corrected chi connectivity index (χ1v) is 21.4. The van der Waals surface area contributed by atoms with E-state index in [0.29, 0.717) is 19.3 Å². The zero-order chi connectivity index (χ0) is 36.0. The van der Waals surface area contributed by atoms with Crippen LogP contribution < -0.4 is 0 Å². The molecule has 6 nitrogen and oxygen atoms in total. The number of carbonyl (C=O) groups excluding carboxylic acids is 3. The highest BCUT2D eigenvalue weighted by Crippen LogP contribution is 2.16. The Morgan fingerprint density at radius 3 is 1.00 bits per heavy atom. The second kappa shape index (κ2) is 37.7. The summed E-state index contributed by atoms with van der Waals surface area (Å²) in [5, 5.41) is 0. The van der Waals surface area contributed by atoms with Gasteiger partial charge in [-0.3, -0.25) is 14.4 Å². The fraction of sp³-hybridized carbons (Fsp3) is 0.930. The normalized spacial score (nSPS) is 11.9. The number of hydrogen-bond donors (Lipinski definition) is 0. The highest BCUT2D eigenvalue weighted by molar-refractivity contribution is 5.71. The van der Waals surface area contributed by atoms with Crippen molar-refractivity contribution in [2.24, 2.45) is 5.92 Å². The molecule has 0 aliphatic carbocycles. The minimum Gasteiger partial charge on any atom is -0.462 e. The van der Waals surface area contributed by atoms with Gasteiger partial charge in [0.15, 0.2) is 6.10 Å². The molecule has 0 unspecified atom stereocenters. The third kappa shape index (κ3) is 37.5. The predicted molar refractivity (Wildman–Crippen MR) is 206 cm³/mol. The van der Waals surface area contributed by atoms with Crippen molar-refractivity contribution < 1.29 is 28.6 Å². The van der Waals surface area contributed by atoms with Crippen molar-refractivity contribution in [3.63, 3.8) is 0 Å². The molecule has 0 heterocycles. The van der Waals surface area contributed by atoms with Gasteiger partial charge in [-0.05, 0) is 25.2 Å². The first-order valence-electron chi connectivity index (χ1n) is 21.4. The fourth-order valence-corrected chi connectivity index (χ4v) is 6.27. The van der Waals surface area contributed by atoms with E-state index in [9.17, 15) is 14.4 Å². The van der Waals surface area contributed by atoms with E-state index in [4.69, 9.17) is 14.2 Å². The summed E-state index contributed by atoms with van der Waals surface area (Å²) in [4.78, 5) is 37.4. The molecule has 0 radical (unpaired) electrons. The third-order valence-corrected chi connectivity index (χ3v) is 9.54. The van der Waals surface area contributed by atoms with Gasteiger partial charge in [-0.25, -0.2) is 0 Å². The first kappa shape index (κ1) is 47.4. The summed E-state index contributed by atoms with van der Waals surface area (Å²) in [5.41, 5.74) is 0. The molecule has 0 aromatic rings. The molecule has 0 saturated carbocycles. The molecule has 1 atom stereocenters. The van der Waals surface area contributed by atoms with Crippen LogP contribution in [0.25, 0.3) is 0 Å². The zero-order valence-corrected chi connectivity index (χ0v) is 33.1. The van der Waals surface area contributed by atoms with E-state index in [-0.39, 0.29) is 31.1 Å². The zero-order valence-electron chi connectivity index (χ0n) is 33.1. The second-order valence-electron chi connectivity index (χ2n) is 15.1. The largest absolute Gasteiger partial charge is 0.462 e. The van der Waals surface area contributed by atoms with Crippen molar-refractivity contribution in [3.8, 4) is 0 Å². The van der Waals surface area contributed by atoms with Gasteiger partial charge in [0.05, 0.1) is 0 Å². The second-order valence-corrected chi connectivity index (χ2v) is 15.1. The van der Waals surface area contributed by atoms with E-state index in [2.05, 4.69) is 27.7 Å². The number of hydrogen-bond acceptors (Lipinski definition) is 6. The lowest BCUT2D eigenvalue weighted by Crippen LogP contribution is -2.30. The Labute approximate surface area is 304 Å². The standard InChI is InChI=1S/C43H82O6/c1-5-7-9-11-13-14-19-23-27-31-35-42(45)48-38-40(37-47-41(44)34-30-26-21-12-10-8-6-2)49-43(46)36-32-28-24-20-17-15-16-18-22-25-29-33-39(3)4/h39-40H,5-38H2,1-4H3/t40-/m0/s1. The Hall–Kier alpha value is -1.59. The van der Waals surface area contributed by atoms with Gasteiger partial charge in [0, 0.05) is 19.3 Å². The van der Waals surface area contributed by atoms with Crippen LogP contribution in [-0.2, 0) is 28.6 Å². The van der Waals surface area contributed by atoms with Crippen molar-refractivity contribution in [1.29, 1.82) is 0 Å². The monoisotopic (exact) mass is 695 g/mol. The van der Waals surface area contributed by atoms with Gasteiger partial charge in [-0.15, -0.1) is 0 Å². The smallest absolute Gasteiger partial charge is 0.306 e. The van der Waals surface area contributed by atoms with Crippen LogP contribution in [0.5, 0.6) is 0 Å². The number of rotatable bonds is 38. The van der Waals surface area contributed by atoms with Gasteiger partial charge in [0.1, 0.15) is 13.2 Å². The van der Waals surface area contributed by atoms with Crippen molar-refractivity contribution in [1.82, 2.24) is 0 Å². The Kier molecular flexibility index (Phi) is 36.4. The van der Waals surface area contributed by atoms with Crippen LogP contribution in [0.4, 0.5) is 0 Å². The number of esters is 3. The summed E-state index contributed by atoms with van der Waals surface area (Å²) < 4.78 is 16.6. The molecule has 0 bridgehead atoms. The summed E-state index contributed by atoms with van der Waals surface area (Å²) in [6.45, 7) is 8.93. The molecule has 0 amide bonds. The lowest BCUT2D eigenvalue weighted by atomic mass is 10.0. The molecule has 0 aliphatic rings. The van der Waals surface area contributed by atoms with E-state index < -0.39 is 6.10 Å². The van der Waals surface area contributed by atoms with E-state index >= 15 is 0 Å². The van der Waals surface area contributed by atoms with Gasteiger partial charge in [-0.2, -0.15) is 0 Å². The molecule has 0 aromatic heterocycles. The van der Waals surface area contributed by atoms with E-state index in [1.807, 2.05) is 0 Å². The number of unbranched alkanes of at least 4 members (excludes halogenated alkanes) is 25. The summed E-state index contributed by atoms with van der Waals surface area (Å²) >= 11 is 0. The Bertz CT molecular complexity index is 736. The van der Waals surface area contributed by atoms with Gasteiger partial charge in [0.25, 0.3) is 0 Å². The van der Waals surface area contributed by atoms with E-state index in [1.165, 1.54) is 128 Å². The highest BCUT2D eigenvalue weighted by Gasteiger charge is 2.19. The van der Waals surface area contributed by atoms with Crippen molar-refractivity contribution in [3.05, 3.63) is 0 Å². The predicted octanol–water partition coefficient (Wildman–Crippen LogP) is 13.2. The molecule has 290 valence electrons. The molecule has 0 aliphatic heterocycles. The molecule has 0 aromatic carbocycles. The molecular formula is C43H82O6. The van der Waals surface area contributed by atoms with E-state index in [0.717, 1.165) is 63.7 Å². The molecule has 6 heteroatoms.